The molecule has 2 heteroatoms. The third-order valence-electron chi connectivity index (χ3n) is 0.756. The van der Waals surface area contributed by atoms with Gasteiger partial charge in [0.2, 0.25) is 0 Å². The SMILES string of the molecule is Sc1ccccc1.[K+]. The van der Waals surface area contributed by atoms with Crippen molar-refractivity contribution in [3.63, 3.8) is 0 Å². The Bertz CT molecular complexity index is 138. The minimum Gasteiger partial charge on any atom is -0.143 e. The minimum absolute atomic E-state index is 0. The maximum Gasteiger partial charge on any atom is 1.00 e. The molecule has 0 aliphatic carbocycles. The quantitative estimate of drug-likeness (QED) is 0.354. The predicted octanol–water partition coefficient (Wildman–Crippen LogP) is -1.02. The van der Waals surface area contributed by atoms with E-state index in [-0.39, 0.29) is 51.4 Å². The van der Waals surface area contributed by atoms with E-state index in [0.29, 0.717) is 0 Å². The molecule has 0 aliphatic heterocycles. The monoisotopic (exact) mass is 149 g/mol. The first-order valence-electron chi connectivity index (χ1n) is 2.13. The summed E-state index contributed by atoms with van der Waals surface area (Å²) in [7, 11) is 0. The van der Waals surface area contributed by atoms with E-state index >= 15 is 0 Å². The van der Waals surface area contributed by atoms with E-state index in [9.17, 15) is 0 Å². The van der Waals surface area contributed by atoms with Gasteiger partial charge in [0.1, 0.15) is 0 Å². The fourth-order valence-corrected chi connectivity index (χ4v) is 0.600. The maximum atomic E-state index is 4.08. The zero-order valence-electron chi connectivity index (χ0n) is 4.83. The van der Waals surface area contributed by atoms with E-state index in [0.717, 1.165) is 4.90 Å². The summed E-state index contributed by atoms with van der Waals surface area (Å²) in [5, 5.41) is 0. The van der Waals surface area contributed by atoms with Crippen LogP contribution in [-0.2, 0) is 0 Å². The number of thiol groups is 1. The molecule has 1 rings (SSSR count). The summed E-state index contributed by atoms with van der Waals surface area (Å²) in [5.41, 5.74) is 0. The summed E-state index contributed by atoms with van der Waals surface area (Å²) in [6.07, 6.45) is 0. The van der Waals surface area contributed by atoms with Gasteiger partial charge >= 0.3 is 51.4 Å². The second-order valence-electron chi connectivity index (χ2n) is 1.34. The summed E-state index contributed by atoms with van der Waals surface area (Å²) in [5.74, 6) is 0. The molecule has 0 aromatic heterocycles. The Morgan fingerprint density at radius 3 is 1.75 bits per heavy atom. The summed E-state index contributed by atoms with van der Waals surface area (Å²) in [6.45, 7) is 0. The molecule has 0 amide bonds. The van der Waals surface area contributed by atoms with Crippen LogP contribution in [-0.4, -0.2) is 0 Å². The molecule has 0 radical (unpaired) electrons. The molecule has 0 saturated carbocycles. The molecule has 0 atom stereocenters. The summed E-state index contributed by atoms with van der Waals surface area (Å²) in [6, 6.07) is 9.79. The average molecular weight is 149 g/mol. The van der Waals surface area contributed by atoms with Crippen LogP contribution in [0.25, 0.3) is 0 Å². The van der Waals surface area contributed by atoms with Gasteiger partial charge in [0.05, 0.1) is 0 Å². The largest absolute Gasteiger partial charge is 1.00 e. The van der Waals surface area contributed by atoms with E-state index in [1.807, 2.05) is 30.3 Å². The first-order valence-corrected chi connectivity index (χ1v) is 2.58. The topological polar surface area (TPSA) is 0 Å². The molecule has 1 aromatic carbocycles. The molecule has 8 heavy (non-hydrogen) atoms. The van der Waals surface area contributed by atoms with Crippen molar-refractivity contribution in [2.45, 2.75) is 4.90 Å². The minimum atomic E-state index is 0. The van der Waals surface area contributed by atoms with Crippen LogP contribution in [0.2, 0.25) is 0 Å². The summed E-state index contributed by atoms with van der Waals surface area (Å²) >= 11 is 4.08. The van der Waals surface area contributed by atoms with Crippen LogP contribution in [0, 0.1) is 0 Å². The standard InChI is InChI=1S/C6H6S.K/c7-6-4-2-1-3-5-6;/h1-5,7H;/q;+1. The average Bonchev–Trinajstić information content (AvgIpc) is 1.69. The van der Waals surface area contributed by atoms with Gasteiger partial charge in [-0.15, -0.1) is 12.6 Å². The van der Waals surface area contributed by atoms with Gasteiger partial charge in [-0.1, -0.05) is 18.2 Å². The van der Waals surface area contributed by atoms with E-state index < -0.39 is 0 Å². The molecule has 36 valence electrons. The van der Waals surface area contributed by atoms with Crippen molar-refractivity contribution in [1.29, 1.82) is 0 Å². The van der Waals surface area contributed by atoms with E-state index in [2.05, 4.69) is 12.6 Å². The Morgan fingerprint density at radius 1 is 1.00 bits per heavy atom. The molecule has 0 spiro atoms. The van der Waals surface area contributed by atoms with Gasteiger partial charge in [-0.05, 0) is 12.1 Å². The molecule has 0 heterocycles. The maximum absolute atomic E-state index is 4.08. The Balaban J connectivity index is 0.000000490. The predicted molar refractivity (Wildman–Crippen MR) is 33.7 cm³/mol. The molecular formula is C6H6KS+. The molecule has 0 fully saturated rings. The number of rotatable bonds is 0. The fraction of sp³-hybridized carbons (Fsp3) is 0. The molecule has 0 N–H and O–H groups in total. The first kappa shape index (κ1) is 9.21. The zero-order chi connectivity index (χ0) is 5.11. The van der Waals surface area contributed by atoms with Gasteiger partial charge in [0.15, 0.2) is 0 Å². The van der Waals surface area contributed by atoms with Crippen molar-refractivity contribution in [3.8, 4) is 0 Å². The Hall–Kier alpha value is 1.21. The Kier molecular flexibility index (Phi) is 5.79. The number of benzene rings is 1. The van der Waals surface area contributed by atoms with Crippen molar-refractivity contribution < 1.29 is 51.4 Å². The van der Waals surface area contributed by atoms with Crippen LogP contribution in [0.4, 0.5) is 0 Å². The van der Waals surface area contributed by atoms with Crippen molar-refractivity contribution in [1.82, 2.24) is 0 Å². The zero-order valence-corrected chi connectivity index (χ0v) is 8.85. The second-order valence-corrected chi connectivity index (χ2v) is 1.85. The molecule has 0 nitrogen and oxygen atoms in total. The van der Waals surface area contributed by atoms with Crippen LogP contribution in [0.5, 0.6) is 0 Å². The van der Waals surface area contributed by atoms with Gasteiger partial charge in [0, 0.05) is 4.90 Å². The third-order valence-corrected chi connectivity index (χ3v) is 1.05. The first-order chi connectivity index (χ1) is 3.39. The molecule has 0 bridgehead atoms. The summed E-state index contributed by atoms with van der Waals surface area (Å²) < 4.78 is 0. The smallest absolute Gasteiger partial charge is 0.143 e. The van der Waals surface area contributed by atoms with Gasteiger partial charge < -0.3 is 0 Å². The molecule has 0 saturated heterocycles. The molecule has 0 unspecified atom stereocenters. The van der Waals surface area contributed by atoms with E-state index in [4.69, 9.17) is 0 Å². The normalized spacial score (nSPS) is 7.62. The van der Waals surface area contributed by atoms with Crippen LogP contribution >= 0.6 is 12.6 Å². The van der Waals surface area contributed by atoms with Crippen molar-refractivity contribution in [2.75, 3.05) is 0 Å². The number of hydrogen-bond acceptors (Lipinski definition) is 1. The van der Waals surface area contributed by atoms with Crippen LogP contribution < -0.4 is 51.4 Å². The van der Waals surface area contributed by atoms with Crippen molar-refractivity contribution >= 4 is 12.6 Å². The van der Waals surface area contributed by atoms with Crippen LogP contribution in [0.15, 0.2) is 35.2 Å². The van der Waals surface area contributed by atoms with Crippen LogP contribution in [0.3, 0.4) is 0 Å². The van der Waals surface area contributed by atoms with Crippen LogP contribution in [0.1, 0.15) is 0 Å². The molecule has 0 aliphatic rings. The van der Waals surface area contributed by atoms with Crippen molar-refractivity contribution in [2.24, 2.45) is 0 Å². The third kappa shape index (κ3) is 3.28. The van der Waals surface area contributed by atoms with E-state index in [1.165, 1.54) is 0 Å². The van der Waals surface area contributed by atoms with Gasteiger partial charge in [-0.25, -0.2) is 0 Å². The Labute approximate surface area is 97.5 Å². The van der Waals surface area contributed by atoms with E-state index in [1.54, 1.807) is 0 Å². The fourth-order valence-electron chi connectivity index (χ4n) is 0.428. The van der Waals surface area contributed by atoms with Gasteiger partial charge in [-0.2, -0.15) is 0 Å². The second kappa shape index (κ2) is 5.03. The Morgan fingerprint density at radius 2 is 1.50 bits per heavy atom. The van der Waals surface area contributed by atoms with Gasteiger partial charge in [0.25, 0.3) is 0 Å². The summed E-state index contributed by atoms with van der Waals surface area (Å²) in [4.78, 5) is 1.02. The van der Waals surface area contributed by atoms with Gasteiger partial charge in [-0.3, -0.25) is 0 Å². The molecular weight excluding hydrogens is 143 g/mol. The number of hydrogen-bond donors (Lipinski definition) is 1. The molecule has 1 aromatic rings. The van der Waals surface area contributed by atoms with Crippen molar-refractivity contribution in [3.05, 3.63) is 30.3 Å².